The Morgan fingerprint density at radius 3 is 2.10 bits per heavy atom. The molecule has 4 aromatic rings. The van der Waals surface area contributed by atoms with E-state index in [1.807, 2.05) is 54.6 Å². The van der Waals surface area contributed by atoms with Gasteiger partial charge in [-0.3, -0.25) is 0 Å². The molecule has 30 heavy (non-hydrogen) atoms. The van der Waals surface area contributed by atoms with E-state index in [2.05, 4.69) is 11.8 Å². The smallest absolute Gasteiger partial charge is 0.337 e. The standard InChI is InChI=1S/C26H16O4/c27-25(28)21-14-15-23-20(16-21)13-12-19(24(23)26(29)30)11-10-18-8-4-5-9-22(18)17-6-2-1-3-7-17/h1-9,12-16H,(H,27,28)(H,29,30). The zero-order valence-corrected chi connectivity index (χ0v) is 15.8. The molecule has 0 saturated carbocycles. The van der Waals surface area contributed by atoms with Crippen molar-refractivity contribution in [2.24, 2.45) is 0 Å². The van der Waals surface area contributed by atoms with Gasteiger partial charge in [-0.2, -0.15) is 0 Å². The molecule has 2 N–H and O–H groups in total. The van der Waals surface area contributed by atoms with Crippen molar-refractivity contribution in [2.45, 2.75) is 0 Å². The van der Waals surface area contributed by atoms with E-state index in [4.69, 9.17) is 5.11 Å². The molecule has 4 rings (SSSR count). The molecule has 0 aliphatic rings. The molecule has 0 spiro atoms. The van der Waals surface area contributed by atoms with Gasteiger partial charge in [0, 0.05) is 11.1 Å². The molecular weight excluding hydrogens is 376 g/mol. The summed E-state index contributed by atoms with van der Waals surface area (Å²) in [6.07, 6.45) is 0. The molecule has 0 amide bonds. The first-order valence-electron chi connectivity index (χ1n) is 9.24. The van der Waals surface area contributed by atoms with Crippen LogP contribution in [-0.2, 0) is 0 Å². The topological polar surface area (TPSA) is 74.6 Å². The maximum Gasteiger partial charge on any atom is 0.337 e. The second-order valence-corrected chi connectivity index (χ2v) is 6.70. The van der Waals surface area contributed by atoms with Crippen LogP contribution in [0, 0.1) is 11.8 Å². The third kappa shape index (κ3) is 3.65. The Kier molecular flexibility index (Phi) is 5.02. The van der Waals surface area contributed by atoms with Gasteiger partial charge in [-0.05, 0) is 46.2 Å². The molecule has 0 unspecified atom stereocenters. The lowest BCUT2D eigenvalue weighted by Crippen LogP contribution is -2.03. The first-order valence-corrected chi connectivity index (χ1v) is 9.24. The first-order chi connectivity index (χ1) is 14.5. The van der Waals surface area contributed by atoms with Crippen LogP contribution in [0.2, 0.25) is 0 Å². The summed E-state index contributed by atoms with van der Waals surface area (Å²) in [5.74, 6) is 3.95. The summed E-state index contributed by atoms with van der Waals surface area (Å²) in [6.45, 7) is 0. The molecule has 144 valence electrons. The third-order valence-corrected chi connectivity index (χ3v) is 4.82. The van der Waals surface area contributed by atoms with Crippen LogP contribution in [0.1, 0.15) is 31.8 Å². The highest BCUT2D eigenvalue weighted by Crippen LogP contribution is 2.25. The van der Waals surface area contributed by atoms with E-state index in [0.29, 0.717) is 16.3 Å². The van der Waals surface area contributed by atoms with E-state index in [9.17, 15) is 14.7 Å². The minimum Gasteiger partial charge on any atom is -0.478 e. The molecular formula is C26H16O4. The van der Waals surface area contributed by atoms with E-state index >= 15 is 0 Å². The summed E-state index contributed by atoms with van der Waals surface area (Å²) < 4.78 is 0. The number of rotatable bonds is 3. The number of hydrogen-bond donors (Lipinski definition) is 2. The lowest BCUT2D eigenvalue weighted by molar-refractivity contribution is 0.0688. The zero-order valence-electron chi connectivity index (χ0n) is 15.8. The van der Waals surface area contributed by atoms with Gasteiger partial charge in [0.2, 0.25) is 0 Å². The Hall–Kier alpha value is -4.36. The summed E-state index contributed by atoms with van der Waals surface area (Å²) in [5.41, 5.74) is 3.33. The minimum absolute atomic E-state index is 0.0640. The monoisotopic (exact) mass is 392 g/mol. The molecule has 4 aromatic carbocycles. The number of fused-ring (bicyclic) bond motifs is 1. The predicted octanol–water partition coefficient (Wildman–Crippen LogP) is 5.30. The van der Waals surface area contributed by atoms with Crippen molar-refractivity contribution in [2.75, 3.05) is 0 Å². The van der Waals surface area contributed by atoms with Crippen LogP contribution >= 0.6 is 0 Å². The van der Waals surface area contributed by atoms with Gasteiger partial charge >= 0.3 is 11.9 Å². The average molecular weight is 392 g/mol. The van der Waals surface area contributed by atoms with Crippen molar-refractivity contribution in [1.82, 2.24) is 0 Å². The average Bonchev–Trinajstić information content (AvgIpc) is 2.77. The van der Waals surface area contributed by atoms with Gasteiger partial charge in [-0.25, -0.2) is 9.59 Å². The van der Waals surface area contributed by atoms with Crippen LogP contribution in [0.15, 0.2) is 84.9 Å². The van der Waals surface area contributed by atoms with Crippen LogP contribution in [0.3, 0.4) is 0 Å². The van der Waals surface area contributed by atoms with Gasteiger partial charge in [-0.15, -0.1) is 0 Å². The fraction of sp³-hybridized carbons (Fsp3) is 0. The van der Waals surface area contributed by atoms with Crippen LogP contribution in [0.5, 0.6) is 0 Å². The van der Waals surface area contributed by atoms with E-state index in [1.165, 1.54) is 18.2 Å². The van der Waals surface area contributed by atoms with Crippen LogP contribution < -0.4 is 0 Å². The highest BCUT2D eigenvalue weighted by Gasteiger charge is 2.15. The number of aromatic carboxylic acids is 2. The van der Waals surface area contributed by atoms with Gasteiger partial charge in [0.05, 0.1) is 11.1 Å². The van der Waals surface area contributed by atoms with Crippen molar-refractivity contribution in [1.29, 1.82) is 0 Å². The predicted molar refractivity (Wildman–Crippen MR) is 116 cm³/mol. The van der Waals surface area contributed by atoms with E-state index in [0.717, 1.165) is 16.7 Å². The Balaban J connectivity index is 1.85. The number of carboxylic acid groups (broad SMARTS) is 2. The summed E-state index contributed by atoms with van der Waals surface area (Å²) in [4.78, 5) is 23.2. The Bertz CT molecular complexity index is 1340. The van der Waals surface area contributed by atoms with Crippen molar-refractivity contribution in [3.05, 3.63) is 107 Å². The third-order valence-electron chi connectivity index (χ3n) is 4.82. The van der Waals surface area contributed by atoms with E-state index in [-0.39, 0.29) is 11.1 Å². The van der Waals surface area contributed by atoms with Gasteiger partial charge in [-0.1, -0.05) is 72.5 Å². The molecule has 0 radical (unpaired) electrons. The molecule has 0 aromatic heterocycles. The van der Waals surface area contributed by atoms with Crippen molar-refractivity contribution >= 4 is 22.7 Å². The largest absolute Gasteiger partial charge is 0.478 e. The van der Waals surface area contributed by atoms with Gasteiger partial charge in [0.15, 0.2) is 0 Å². The van der Waals surface area contributed by atoms with Crippen molar-refractivity contribution < 1.29 is 19.8 Å². The Morgan fingerprint density at radius 2 is 1.37 bits per heavy atom. The number of benzene rings is 4. The lowest BCUT2D eigenvalue weighted by Gasteiger charge is -2.07. The molecule has 4 heteroatoms. The zero-order chi connectivity index (χ0) is 21.1. The van der Waals surface area contributed by atoms with Crippen LogP contribution in [0.4, 0.5) is 0 Å². The molecule has 0 bridgehead atoms. The van der Waals surface area contributed by atoms with Crippen molar-refractivity contribution in [3.8, 4) is 23.0 Å². The second-order valence-electron chi connectivity index (χ2n) is 6.70. The Labute approximate surface area is 173 Å². The molecule has 0 aliphatic heterocycles. The fourth-order valence-corrected chi connectivity index (χ4v) is 3.39. The first kappa shape index (κ1) is 19.0. The number of carbonyl (C=O) groups is 2. The van der Waals surface area contributed by atoms with E-state index in [1.54, 1.807) is 12.1 Å². The fourth-order valence-electron chi connectivity index (χ4n) is 3.39. The molecule has 0 heterocycles. The van der Waals surface area contributed by atoms with Gasteiger partial charge in [0.1, 0.15) is 0 Å². The number of hydrogen-bond acceptors (Lipinski definition) is 2. The Morgan fingerprint density at radius 1 is 0.667 bits per heavy atom. The van der Waals surface area contributed by atoms with E-state index < -0.39 is 11.9 Å². The highest BCUT2D eigenvalue weighted by molar-refractivity contribution is 6.07. The summed E-state index contributed by atoms with van der Waals surface area (Å²) in [6, 6.07) is 25.3. The summed E-state index contributed by atoms with van der Waals surface area (Å²) >= 11 is 0. The maximum atomic E-state index is 12.0. The van der Waals surface area contributed by atoms with Crippen molar-refractivity contribution in [3.63, 3.8) is 0 Å². The lowest BCUT2D eigenvalue weighted by atomic mass is 9.96. The molecule has 0 saturated heterocycles. The molecule has 0 atom stereocenters. The molecule has 4 nitrogen and oxygen atoms in total. The normalized spacial score (nSPS) is 10.3. The van der Waals surface area contributed by atoms with Crippen LogP contribution in [-0.4, -0.2) is 22.2 Å². The van der Waals surface area contributed by atoms with Gasteiger partial charge in [0.25, 0.3) is 0 Å². The second kappa shape index (κ2) is 7.94. The quantitative estimate of drug-likeness (QED) is 0.464. The summed E-state index contributed by atoms with van der Waals surface area (Å²) in [5, 5.41) is 20.0. The number of carboxylic acids is 2. The SMILES string of the molecule is O=C(O)c1ccc2c(C(=O)O)c(C#Cc3ccccc3-c3ccccc3)ccc2c1. The highest BCUT2D eigenvalue weighted by atomic mass is 16.4. The summed E-state index contributed by atoms with van der Waals surface area (Å²) in [7, 11) is 0. The molecule has 0 fully saturated rings. The van der Waals surface area contributed by atoms with Gasteiger partial charge < -0.3 is 10.2 Å². The molecule has 0 aliphatic carbocycles. The van der Waals surface area contributed by atoms with Crippen LogP contribution in [0.25, 0.3) is 21.9 Å². The maximum absolute atomic E-state index is 12.0. The minimum atomic E-state index is -1.11.